The monoisotopic (exact) mass is 578 g/mol. The fourth-order valence-electron chi connectivity index (χ4n) is 9.60. The number of ether oxygens (including phenoxy) is 2. The third-order valence-corrected chi connectivity index (χ3v) is 11.3. The van der Waals surface area contributed by atoms with Crippen molar-refractivity contribution in [3.8, 4) is 46.3 Å². The summed E-state index contributed by atoms with van der Waals surface area (Å²) < 4.78 is 11.0. The van der Waals surface area contributed by atoms with E-state index in [2.05, 4.69) is 69.3 Å². The third-order valence-electron chi connectivity index (χ3n) is 11.3. The van der Waals surface area contributed by atoms with Gasteiger partial charge in [0.1, 0.15) is 11.5 Å². The van der Waals surface area contributed by atoms with Crippen LogP contribution in [0.2, 0.25) is 0 Å². The maximum Gasteiger partial charge on any atom is 0.292 e. The molecule has 0 saturated heterocycles. The number of nitrogens with zero attached hydrogens (tertiary/aromatic N) is 2. The molecule has 4 fully saturated rings. The van der Waals surface area contributed by atoms with Crippen molar-refractivity contribution in [1.82, 2.24) is 0 Å². The van der Waals surface area contributed by atoms with Crippen LogP contribution in [0.5, 0.6) is 11.5 Å². The smallest absolute Gasteiger partial charge is 0.292 e. The van der Waals surface area contributed by atoms with Gasteiger partial charge in [0.25, 0.3) is 12.5 Å². The van der Waals surface area contributed by atoms with Gasteiger partial charge in [0.2, 0.25) is 0 Å². The molecule has 0 aromatic heterocycles. The standard InChI is InChI=1S/C40H38N2O2/c1-37(2,3)40-22-28-20-38(24-40,31-14-16-35(43-26-41)33(18-31)29-10-6-4-7-11-29)23-39(21-28,25-40)32-15-17-36(44-27-42)34(19-32)30-12-8-5-9-13-30/h4-19,28H,20-25H2,1-3H3. The lowest BCUT2D eigenvalue weighted by atomic mass is 9.34. The molecule has 4 saturated carbocycles. The van der Waals surface area contributed by atoms with Gasteiger partial charge in [-0.25, -0.2) is 0 Å². The Morgan fingerprint density at radius 1 is 0.614 bits per heavy atom. The van der Waals surface area contributed by atoms with Crippen molar-refractivity contribution in [2.45, 2.75) is 70.1 Å². The van der Waals surface area contributed by atoms with Gasteiger partial charge in [-0.15, -0.1) is 10.5 Å². The average Bonchev–Trinajstić information content (AvgIpc) is 3.01. The predicted octanol–water partition coefficient (Wildman–Crippen LogP) is 9.95. The molecule has 220 valence electrons. The molecule has 0 radical (unpaired) electrons. The van der Waals surface area contributed by atoms with Gasteiger partial charge in [0, 0.05) is 11.1 Å². The zero-order valence-corrected chi connectivity index (χ0v) is 25.8. The molecule has 4 aliphatic rings. The van der Waals surface area contributed by atoms with Gasteiger partial charge in [-0.2, -0.15) is 0 Å². The molecule has 0 aliphatic heterocycles. The molecule has 4 aromatic carbocycles. The van der Waals surface area contributed by atoms with Crippen molar-refractivity contribution < 1.29 is 9.47 Å². The summed E-state index contributed by atoms with van der Waals surface area (Å²) in [5, 5.41) is 18.9. The SMILES string of the molecule is CC(C)(C)C12CC3CC(c4ccc(OC#N)c(-c5ccccc5)c4)(CC(c4ccc(OC#N)c(-c5ccccc5)c4)(C3)C1)C2. The first-order chi connectivity index (χ1) is 21.2. The Hall–Kier alpha value is -4.54. The van der Waals surface area contributed by atoms with Crippen LogP contribution >= 0.6 is 0 Å². The minimum Gasteiger partial charge on any atom is -0.387 e. The van der Waals surface area contributed by atoms with Gasteiger partial charge in [-0.05, 0) is 113 Å². The normalized spacial score (nSPS) is 26.9. The average molecular weight is 579 g/mol. The first kappa shape index (κ1) is 28.2. The van der Waals surface area contributed by atoms with Gasteiger partial charge >= 0.3 is 0 Å². The molecule has 0 heterocycles. The van der Waals surface area contributed by atoms with Crippen LogP contribution in [0.25, 0.3) is 22.3 Å². The first-order valence-electron chi connectivity index (χ1n) is 15.7. The molecule has 4 nitrogen and oxygen atoms in total. The highest BCUT2D eigenvalue weighted by atomic mass is 16.5. The fraction of sp³-hybridized carbons (Fsp3) is 0.350. The van der Waals surface area contributed by atoms with E-state index in [4.69, 9.17) is 9.47 Å². The van der Waals surface area contributed by atoms with Gasteiger partial charge in [0.05, 0.1) is 0 Å². The number of nitriles is 2. The number of benzene rings is 4. The Morgan fingerprint density at radius 2 is 1.07 bits per heavy atom. The molecule has 8 rings (SSSR count). The molecule has 4 bridgehead atoms. The summed E-state index contributed by atoms with van der Waals surface area (Å²) >= 11 is 0. The van der Waals surface area contributed by atoms with E-state index in [1.54, 1.807) is 0 Å². The van der Waals surface area contributed by atoms with Crippen LogP contribution in [0.4, 0.5) is 0 Å². The van der Waals surface area contributed by atoms with Gasteiger partial charge in [-0.1, -0.05) is 93.6 Å². The second kappa shape index (κ2) is 10.3. The molecular weight excluding hydrogens is 540 g/mol. The van der Waals surface area contributed by atoms with E-state index in [1.165, 1.54) is 30.4 Å². The van der Waals surface area contributed by atoms with Crippen molar-refractivity contribution in [3.05, 3.63) is 108 Å². The van der Waals surface area contributed by atoms with E-state index in [0.29, 0.717) is 17.4 Å². The summed E-state index contributed by atoms with van der Waals surface area (Å²) in [6.07, 6.45) is 10.8. The van der Waals surface area contributed by atoms with E-state index in [1.807, 2.05) is 61.0 Å². The van der Waals surface area contributed by atoms with Crippen LogP contribution in [0.15, 0.2) is 97.1 Å². The highest BCUT2D eigenvalue weighted by Gasteiger charge is 2.66. The zero-order valence-electron chi connectivity index (χ0n) is 25.8. The molecule has 2 unspecified atom stereocenters. The molecule has 4 aliphatic carbocycles. The predicted molar refractivity (Wildman–Crippen MR) is 173 cm³/mol. The Kier molecular flexibility index (Phi) is 6.60. The summed E-state index contributed by atoms with van der Waals surface area (Å²) in [5.74, 6) is 1.83. The number of hydrogen-bond donors (Lipinski definition) is 0. The van der Waals surface area contributed by atoms with Crippen LogP contribution in [0, 0.1) is 39.8 Å². The van der Waals surface area contributed by atoms with Crippen molar-refractivity contribution in [2.24, 2.45) is 16.7 Å². The van der Waals surface area contributed by atoms with E-state index in [9.17, 15) is 10.5 Å². The Labute approximate surface area is 260 Å². The maximum atomic E-state index is 9.43. The zero-order chi connectivity index (χ0) is 30.6. The summed E-state index contributed by atoms with van der Waals surface area (Å²) in [5.41, 5.74) is 7.14. The molecule has 44 heavy (non-hydrogen) atoms. The molecular formula is C40H38N2O2. The topological polar surface area (TPSA) is 66.0 Å². The lowest BCUT2D eigenvalue weighted by Crippen LogP contribution is -2.63. The molecule has 4 aromatic rings. The third kappa shape index (κ3) is 4.48. The highest BCUT2D eigenvalue weighted by molar-refractivity contribution is 5.73. The van der Waals surface area contributed by atoms with E-state index in [-0.39, 0.29) is 21.7 Å². The molecule has 0 amide bonds. The maximum absolute atomic E-state index is 9.43. The Bertz CT molecular complexity index is 1670. The Balaban J connectivity index is 1.40. The molecule has 4 heteroatoms. The number of rotatable bonds is 6. The largest absolute Gasteiger partial charge is 0.387 e. The van der Waals surface area contributed by atoms with E-state index >= 15 is 0 Å². The lowest BCUT2D eigenvalue weighted by molar-refractivity contribution is -0.141. The van der Waals surface area contributed by atoms with Crippen molar-refractivity contribution in [3.63, 3.8) is 0 Å². The second-order valence-electron chi connectivity index (χ2n) is 14.6. The number of hydrogen-bond acceptors (Lipinski definition) is 4. The van der Waals surface area contributed by atoms with Crippen LogP contribution in [0.3, 0.4) is 0 Å². The summed E-state index contributed by atoms with van der Waals surface area (Å²) in [4.78, 5) is 0. The van der Waals surface area contributed by atoms with Crippen LogP contribution in [0.1, 0.15) is 70.4 Å². The van der Waals surface area contributed by atoms with Gasteiger partial charge in [0.15, 0.2) is 0 Å². The Morgan fingerprint density at radius 3 is 1.48 bits per heavy atom. The highest BCUT2D eigenvalue weighted by Crippen LogP contribution is 2.74. The summed E-state index contributed by atoms with van der Waals surface area (Å²) in [6.45, 7) is 7.33. The second-order valence-corrected chi connectivity index (χ2v) is 14.6. The van der Waals surface area contributed by atoms with E-state index < -0.39 is 0 Å². The van der Waals surface area contributed by atoms with Gasteiger partial charge < -0.3 is 9.47 Å². The quantitative estimate of drug-likeness (QED) is 0.214. The summed E-state index contributed by atoms with van der Waals surface area (Å²) in [6, 6.07) is 33.7. The molecule has 2 atom stereocenters. The van der Waals surface area contributed by atoms with Crippen LogP contribution < -0.4 is 9.47 Å². The fourth-order valence-corrected chi connectivity index (χ4v) is 9.60. The molecule has 0 N–H and O–H groups in total. The van der Waals surface area contributed by atoms with Crippen molar-refractivity contribution in [1.29, 1.82) is 10.5 Å². The lowest BCUT2D eigenvalue weighted by Gasteiger charge is -2.70. The van der Waals surface area contributed by atoms with Crippen LogP contribution in [-0.4, -0.2) is 0 Å². The van der Waals surface area contributed by atoms with Crippen molar-refractivity contribution in [2.75, 3.05) is 0 Å². The minimum absolute atomic E-state index is 0.0101. The summed E-state index contributed by atoms with van der Waals surface area (Å²) in [7, 11) is 0. The van der Waals surface area contributed by atoms with Crippen LogP contribution in [-0.2, 0) is 10.8 Å². The minimum atomic E-state index is 0.0101. The molecule has 0 spiro atoms. The van der Waals surface area contributed by atoms with E-state index in [0.717, 1.165) is 41.5 Å². The van der Waals surface area contributed by atoms with Gasteiger partial charge in [-0.3, -0.25) is 0 Å². The van der Waals surface area contributed by atoms with Crippen molar-refractivity contribution >= 4 is 0 Å². The first-order valence-corrected chi connectivity index (χ1v) is 15.7.